The predicted octanol–water partition coefficient (Wildman–Crippen LogP) is 2.67. The summed E-state index contributed by atoms with van der Waals surface area (Å²) in [5.74, 6) is -0.227. The molecule has 0 fully saturated rings. The fourth-order valence-electron chi connectivity index (χ4n) is 2.27. The van der Waals surface area contributed by atoms with E-state index in [9.17, 15) is 9.59 Å². The highest BCUT2D eigenvalue weighted by Gasteiger charge is 2.19. The molecule has 25 heavy (non-hydrogen) atoms. The Hall–Kier alpha value is -3.14. The smallest absolute Gasteiger partial charge is 0.306 e. The second-order valence-electron chi connectivity index (χ2n) is 5.61. The van der Waals surface area contributed by atoms with Crippen LogP contribution in [-0.4, -0.2) is 23.1 Å². The Morgan fingerprint density at radius 1 is 1.32 bits per heavy atom. The van der Waals surface area contributed by atoms with Gasteiger partial charge in [-0.15, -0.1) is 0 Å². The molecule has 0 spiro atoms. The molecule has 1 aromatic heterocycles. The lowest BCUT2D eigenvalue weighted by atomic mass is 10.1. The molecule has 2 rings (SSSR count). The van der Waals surface area contributed by atoms with Crippen LogP contribution in [0.5, 0.6) is 0 Å². The first-order valence-corrected chi connectivity index (χ1v) is 7.83. The largest absolute Gasteiger partial charge is 0.453 e. The van der Waals surface area contributed by atoms with E-state index in [-0.39, 0.29) is 6.42 Å². The van der Waals surface area contributed by atoms with Crippen LogP contribution in [0.3, 0.4) is 0 Å². The molecule has 0 unspecified atom stereocenters. The summed E-state index contributed by atoms with van der Waals surface area (Å²) in [6.07, 6.45) is -0.339. The minimum absolute atomic E-state index is 0.136. The SMILES string of the molecule is Cc1noc(C)c1CCC(=O)O[C@@H](C)C(=O)Nc1ccc(C#N)cc1. The minimum atomic E-state index is -0.923. The normalized spacial score (nSPS) is 11.4. The van der Waals surface area contributed by atoms with Gasteiger partial charge in [-0.25, -0.2) is 0 Å². The number of nitrogens with one attached hydrogen (secondary N) is 1. The van der Waals surface area contributed by atoms with E-state index in [2.05, 4.69) is 10.5 Å². The van der Waals surface area contributed by atoms with Crippen molar-refractivity contribution < 1.29 is 18.8 Å². The molecule has 1 amide bonds. The van der Waals surface area contributed by atoms with E-state index in [4.69, 9.17) is 14.5 Å². The zero-order valence-electron chi connectivity index (χ0n) is 14.3. The maximum atomic E-state index is 12.1. The Kier molecular flexibility index (Phi) is 5.90. The lowest BCUT2D eigenvalue weighted by Gasteiger charge is -2.13. The van der Waals surface area contributed by atoms with Gasteiger partial charge in [-0.3, -0.25) is 9.59 Å². The molecule has 0 aliphatic carbocycles. The van der Waals surface area contributed by atoms with Crippen molar-refractivity contribution in [1.82, 2.24) is 5.16 Å². The Labute approximate surface area is 145 Å². The molecule has 0 aliphatic heterocycles. The number of amides is 1. The monoisotopic (exact) mass is 341 g/mol. The van der Waals surface area contributed by atoms with E-state index in [0.29, 0.717) is 23.4 Å². The Balaban J connectivity index is 1.83. The number of rotatable bonds is 6. The quantitative estimate of drug-likeness (QED) is 0.810. The van der Waals surface area contributed by atoms with Gasteiger partial charge in [0.25, 0.3) is 5.91 Å². The number of carbonyl (C=O) groups excluding carboxylic acids is 2. The maximum absolute atomic E-state index is 12.1. The summed E-state index contributed by atoms with van der Waals surface area (Å²) in [5, 5.41) is 15.2. The van der Waals surface area contributed by atoms with E-state index in [0.717, 1.165) is 11.3 Å². The van der Waals surface area contributed by atoms with Crippen molar-refractivity contribution >= 4 is 17.6 Å². The zero-order valence-corrected chi connectivity index (χ0v) is 14.3. The van der Waals surface area contributed by atoms with Gasteiger partial charge in [0.1, 0.15) is 5.76 Å². The van der Waals surface area contributed by atoms with E-state index in [1.807, 2.05) is 13.0 Å². The van der Waals surface area contributed by atoms with Crippen LogP contribution >= 0.6 is 0 Å². The number of benzene rings is 1. The van der Waals surface area contributed by atoms with E-state index in [1.165, 1.54) is 6.92 Å². The summed E-state index contributed by atoms with van der Waals surface area (Å²) < 4.78 is 10.2. The van der Waals surface area contributed by atoms with Crippen molar-refractivity contribution in [1.29, 1.82) is 5.26 Å². The van der Waals surface area contributed by atoms with Crippen molar-refractivity contribution in [2.75, 3.05) is 5.32 Å². The highest BCUT2D eigenvalue weighted by molar-refractivity contribution is 5.95. The third-order valence-corrected chi connectivity index (χ3v) is 3.72. The fraction of sp³-hybridized carbons (Fsp3) is 0.333. The average molecular weight is 341 g/mol. The maximum Gasteiger partial charge on any atom is 0.306 e. The van der Waals surface area contributed by atoms with E-state index in [1.54, 1.807) is 31.2 Å². The number of hydrogen-bond donors (Lipinski definition) is 1. The molecular weight excluding hydrogens is 322 g/mol. The van der Waals surface area contributed by atoms with Gasteiger partial charge < -0.3 is 14.6 Å². The van der Waals surface area contributed by atoms with Crippen LogP contribution in [0.1, 0.15) is 35.9 Å². The zero-order chi connectivity index (χ0) is 18.4. The number of ether oxygens (including phenoxy) is 1. The number of anilines is 1. The first-order valence-electron chi connectivity index (χ1n) is 7.83. The van der Waals surface area contributed by atoms with Gasteiger partial charge in [0, 0.05) is 17.7 Å². The molecule has 0 bridgehead atoms. The number of esters is 1. The second kappa shape index (κ2) is 8.11. The molecular formula is C18H19N3O4. The van der Waals surface area contributed by atoms with Crippen molar-refractivity contribution in [2.45, 2.75) is 39.7 Å². The van der Waals surface area contributed by atoms with Crippen molar-refractivity contribution in [3.8, 4) is 6.07 Å². The van der Waals surface area contributed by atoms with Crippen LogP contribution in [0.4, 0.5) is 5.69 Å². The molecule has 0 saturated carbocycles. The number of aryl methyl sites for hydroxylation is 2. The van der Waals surface area contributed by atoms with Crippen molar-refractivity contribution in [3.05, 3.63) is 46.8 Å². The number of carbonyl (C=O) groups is 2. The molecule has 0 aliphatic rings. The van der Waals surface area contributed by atoms with Gasteiger partial charge in [-0.2, -0.15) is 5.26 Å². The third kappa shape index (κ3) is 4.91. The molecule has 1 N–H and O–H groups in total. The van der Waals surface area contributed by atoms with Gasteiger partial charge in [0.2, 0.25) is 0 Å². The van der Waals surface area contributed by atoms with Gasteiger partial charge in [0.15, 0.2) is 6.10 Å². The first-order chi connectivity index (χ1) is 11.9. The average Bonchev–Trinajstić information content (AvgIpc) is 2.91. The van der Waals surface area contributed by atoms with Crippen LogP contribution in [0.2, 0.25) is 0 Å². The summed E-state index contributed by atoms with van der Waals surface area (Å²) in [6, 6.07) is 8.41. The summed E-state index contributed by atoms with van der Waals surface area (Å²) in [6.45, 7) is 5.10. The highest BCUT2D eigenvalue weighted by Crippen LogP contribution is 2.15. The van der Waals surface area contributed by atoms with Gasteiger partial charge in [-0.05, 0) is 51.5 Å². The van der Waals surface area contributed by atoms with Gasteiger partial charge >= 0.3 is 5.97 Å². The summed E-state index contributed by atoms with van der Waals surface area (Å²) >= 11 is 0. The standard InChI is InChI=1S/C18H19N3O4/c1-11-16(12(2)25-21-11)8-9-17(22)24-13(3)18(23)20-15-6-4-14(10-19)5-7-15/h4-7,13H,8-9H2,1-3H3,(H,20,23)/t13-/m0/s1. The minimum Gasteiger partial charge on any atom is -0.453 e. The highest BCUT2D eigenvalue weighted by atomic mass is 16.5. The Bertz CT molecular complexity index is 783. The molecule has 1 aromatic carbocycles. The second-order valence-corrected chi connectivity index (χ2v) is 5.61. The molecule has 7 nitrogen and oxygen atoms in total. The predicted molar refractivity (Wildman–Crippen MR) is 89.6 cm³/mol. The topological polar surface area (TPSA) is 105 Å². The van der Waals surface area contributed by atoms with Crippen molar-refractivity contribution in [3.63, 3.8) is 0 Å². The molecule has 7 heteroatoms. The molecule has 0 saturated heterocycles. The van der Waals surface area contributed by atoms with Gasteiger partial charge in [-0.1, -0.05) is 5.16 Å². The third-order valence-electron chi connectivity index (χ3n) is 3.72. The summed E-state index contributed by atoms with van der Waals surface area (Å²) in [4.78, 5) is 24.0. The Morgan fingerprint density at radius 2 is 2.00 bits per heavy atom. The molecule has 0 radical (unpaired) electrons. The van der Waals surface area contributed by atoms with E-state index < -0.39 is 18.0 Å². The van der Waals surface area contributed by atoms with Crippen LogP contribution in [0.25, 0.3) is 0 Å². The van der Waals surface area contributed by atoms with E-state index >= 15 is 0 Å². The van der Waals surface area contributed by atoms with Crippen LogP contribution in [-0.2, 0) is 20.7 Å². The number of nitrogens with zero attached hydrogens (tertiary/aromatic N) is 2. The Morgan fingerprint density at radius 3 is 2.56 bits per heavy atom. The summed E-state index contributed by atoms with van der Waals surface area (Å²) in [5.41, 5.74) is 2.66. The lowest BCUT2D eigenvalue weighted by Crippen LogP contribution is -2.30. The molecule has 130 valence electrons. The van der Waals surface area contributed by atoms with Crippen LogP contribution in [0.15, 0.2) is 28.8 Å². The molecule has 2 aromatic rings. The molecule has 1 heterocycles. The van der Waals surface area contributed by atoms with Gasteiger partial charge in [0.05, 0.1) is 17.3 Å². The van der Waals surface area contributed by atoms with Crippen LogP contribution in [0, 0.1) is 25.2 Å². The summed E-state index contributed by atoms with van der Waals surface area (Å²) in [7, 11) is 0. The number of hydrogen-bond acceptors (Lipinski definition) is 6. The molecule has 1 atom stereocenters. The van der Waals surface area contributed by atoms with Crippen molar-refractivity contribution in [2.24, 2.45) is 0 Å². The number of aromatic nitrogens is 1. The van der Waals surface area contributed by atoms with Crippen LogP contribution < -0.4 is 5.32 Å². The first kappa shape index (κ1) is 18.2. The fourth-order valence-corrected chi connectivity index (χ4v) is 2.27. The lowest BCUT2D eigenvalue weighted by molar-refractivity contribution is -0.153. The number of nitriles is 1.